The van der Waals surface area contributed by atoms with Crippen molar-refractivity contribution < 1.29 is 9.59 Å². The number of hydrogen-bond donors (Lipinski definition) is 0. The van der Waals surface area contributed by atoms with Crippen LogP contribution >= 0.6 is 0 Å². The Hall–Kier alpha value is -2.70. The Balaban J connectivity index is 2.03. The molecule has 0 amide bonds. The molecular formula is C19H16O2. The van der Waals surface area contributed by atoms with Crippen molar-refractivity contribution in [3.8, 4) is 0 Å². The van der Waals surface area contributed by atoms with Gasteiger partial charge in [-0.15, -0.1) is 5.73 Å². The van der Waals surface area contributed by atoms with Gasteiger partial charge >= 0.3 is 0 Å². The fraction of sp³-hybridized carbons (Fsp3) is 0.105. The molecule has 2 aromatic rings. The minimum atomic E-state index is -0.119. The van der Waals surface area contributed by atoms with Crippen LogP contribution < -0.4 is 0 Å². The van der Waals surface area contributed by atoms with E-state index < -0.39 is 0 Å². The Morgan fingerprint density at radius 2 is 1.33 bits per heavy atom. The molecule has 0 unspecified atom stereocenters. The van der Waals surface area contributed by atoms with E-state index in [1.807, 2.05) is 36.4 Å². The van der Waals surface area contributed by atoms with Gasteiger partial charge in [-0.2, -0.15) is 0 Å². The normalized spacial score (nSPS) is 9.71. The predicted octanol–water partition coefficient (Wildman–Crippen LogP) is 4.24. The average Bonchev–Trinajstić information content (AvgIpc) is 2.56. The molecule has 0 N–H and O–H groups in total. The van der Waals surface area contributed by atoms with Crippen molar-refractivity contribution in [2.24, 2.45) is 0 Å². The fourth-order valence-electron chi connectivity index (χ4n) is 2.05. The lowest BCUT2D eigenvalue weighted by molar-refractivity contribution is 0.0979. The Labute approximate surface area is 124 Å². The molecule has 104 valence electrons. The van der Waals surface area contributed by atoms with Crippen LogP contribution in [0.5, 0.6) is 0 Å². The number of carbonyl (C=O) groups is 2. The van der Waals surface area contributed by atoms with Crippen molar-refractivity contribution in [1.82, 2.24) is 0 Å². The highest BCUT2D eigenvalue weighted by molar-refractivity contribution is 6.09. The van der Waals surface area contributed by atoms with Crippen LogP contribution in [0.4, 0.5) is 0 Å². The minimum Gasteiger partial charge on any atom is -0.294 e. The van der Waals surface area contributed by atoms with E-state index in [1.54, 1.807) is 24.3 Å². The van der Waals surface area contributed by atoms with Gasteiger partial charge in [-0.3, -0.25) is 9.59 Å². The summed E-state index contributed by atoms with van der Waals surface area (Å²) in [6.07, 6.45) is 0.630. The molecule has 2 aromatic carbocycles. The molecule has 2 rings (SSSR count). The third-order valence-electron chi connectivity index (χ3n) is 3.22. The van der Waals surface area contributed by atoms with Crippen LogP contribution in [-0.4, -0.2) is 11.6 Å². The number of allylic oxidation sites excluding steroid dienone is 1. The van der Waals surface area contributed by atoms with Crippen LogP contribution in [0.25, 0.3) is 0 Å². The van der Waals surface area contributed by atoms with Crippen molar-refractivity contribution >= 4 is 11.6 Å². The summed E-state index contributed by atoms with van der Waals surface area (Å²) >= 11 is 0. The molecule has 2 heteroatoms. The number of rotatable bonds is 6. The van der Waals surface area contributed by atoms with Crippen LogP contribution in [0.15, 0.2) is 78.5 Å². The zero-order valence-electron chi connectivity index (χ0n) is 11.7. The maximum absolute atomic E-state index is 12.3. The van der Waals surface area contributed by atoms with E-state index in [1.165, 1.54) is 0 Å². The third kappa shape index (κ3) is 3.88. The SMILES string of the molecule is C=C=C(CCC(=O)c1ccccc1)C(=O)c1ccccc1. The predicted molar refractivity (Wildman–Crippen MR) is 83.4 cm³/mol. The largest absolute Gasteiger partial charge is 0.294 e. The summed E-state index contributed by atoms with van der Waals surface area (Å²) in [5.41, 5.74) is 4.38. The molecule has 0 aliphatic rings. The second kappa shape index (κ2) is 7.18. The first-order chi connectivity index (χ1) is 10.2. The smallest absolute Gasteiger partial charge is 0.196 e. The molecule has 0 aromatic heterocycles. The Morgan fingerprint density at radius 1 is 0.810 bits per heavy atom. The second-order valence-electron chi connectivity index (χ2n) is 4.64. The van der Waals surface area contributed by atoms with Gasteiger partial charge in [-0.25, -0.2) is 0 Å². The van der Waals surface area contributed by atoms with Crippen molar-refractivity contribution in [3.05, 3.63) is 89.7 Å². The van der Waals surface area contributed by atoms with Crippen molar-refractivity contribution in [3.63, 3.8) is 0 Å². The monoisotopic (exact) mass is 276 g/mol. The maximum atomic E-state index is 12.3. The third-order valence-corrected chi connectivity index (χ3v) is 3.22. The summed E-state index contributed by atoms with van der Waals surface area (Å²) in [4.78, 5) is 24.3. The summed E-state index contributed by atoms with van der Waals surface area (Å²) in [7, 11) is 0. The fourth-order valence-corrected chi connectivity index (χ4v) is 2.05. The molecule has 0 fully saturated rings. The van der Waals surface area contributed by atoms with E-state index in [0.29, 0.717) is 23.1 Å². The summed E-state index contributed by atoms with van der Waals surface area (Å²) in [6.45, 7) is 3.56. The van der Waals surface area contributed by atoms with Gasteiger partial charge in [0.05, 0.1) is 0 Å². The molecule has 0 atom stereocenters. The molecular weight excluding hydrogens is 260 g/mol. The van der Waals surface area contributed by atoms with Crippen LogP contribution in [0, 0.1) is 0 Å². The van der Waals surface area contributed by atoms with E-state index in [4.69, 9.17) is 0 Å². The maximum Gasteiger partial charge on any atom is 0.196 e. The molecule has 0 aliphatic heterocycles. The molecule has 0 spiro atoms. The van der Waals surface area contributed by atoms with Gasteiger partial charge in [0.15, 0.2) is 11.6 Å². The van der Waals surface area contributed by atoms with Crippen molar-refractivity contribution in [1.29, 1.82) is 0 Å². The van der Waals surface area contributed by atoms with Gasteiger partial charge in [0.2, 0.25) is 0 Å². The first kappa shape index (κ1) is 14.7. The first-order valence-corrected chi connectivity index (χ1v) is 6.79. The van der Waals surface area contributed by atoms with E-state index in [-0.39, 0.29) is 18.0 Å². The molecule has 2 nitrogen and oxygen atoms in total. The summed E-state index contributed by atoms with van der Waals surface area (Å²) < 4.78 is 0. The summed E-state index contributed by atoms with van der Waals surface area (Å²) in [5, 5.41) is 0. The van der Waals surface area contributed by atoms with E-state index in [2.05, 4.69) is 12.3 Å². The standard InChI is InChI=1S/C19H16O2/c1-2-15(19(21)17-11-7-4-8-12-17)13-14-18(20)16-9-5-3-6-10-16/h3-12H,1,13-14H2. The highest BCUT2D eigenvalue weighted by Crippen LogP contribution is 2.14. The van der Waals surface area contributed by atoms with Crippen LogP contribution in [0.3, 0.4) is 0 Å². The number of hydrogen-bond acceptors (Lipinski definition) is 2. The highest BCUT2D eigenvalue weighted by Gasteiger charge is 2.13. The van der Waals surface area contributed by atoms with Crippen LogP contribution in [0.1, 0.15) is 33.6 Å². The molecule has 0 aliphatic carbocycles. The minimum absolute atomic E-state index is 0.0178. The van der Waals surface area contributed by atoms with E-state index >= 15 is 0 Å². The van der Waals surface area contributed by atoms with Crippen LogP contribution in [0.2, 0.25) is 0 Å². The zero-order valence-corrected chi connectivity index (χ0v) is 11.7. The second-order valence-corrected chi connectivity index (χ2v) is 4.64. The molecule has 0 heterocycles. The Bertz CT molecular complexity index is 678. The van der Waals surface area contributed by atoms with Crippen molar-refractivity contribution in [2.75, 3.05) is 0 Å². The van der Waals surface area contributed by atoms with Crippen molar-refractivity contribution in [2.45, 2.75) is 12.8 Å². The average molecular weight is 276 g/mol. The zero-order chi connectivity index (χ0) is 15.1. The van der Waals surface area contributed by atoms with Gasteiger partial charge in [0.1, 0.15) is 0 Å². The molecule has 0 bridgehead atoms. The molecule has 0 radical (unpaired) electrons. The first-order valence-electron chi connectivity index (χ1n) is 6.79. The quantitative estimate of drug-likeness (QED) is 0.449. The van der Waals surface area contributed by atoms with E-state index in [0.717, 1.165) is 0 Å². The number of benzene rings is 2. The van der Waals surface area contributed by atoms with Gasteiger partial charge in [-0.05, 0) is 6.42 Å². The molecule has 0 saturated heterocycles. The summed E-state index contributed by atoms with van der Waals surface area (Å²) in [5.74, 6) is -0.101. The Kier molecular flexibility index (Phi) is 5.03. The lowest BCUT2D eigenvalue weighted by atomic mass is 9.97. The summed E-state index contributed by atoms with van der Waals surface area (Å²) in [6, 6.07) is 18.0. The van der Waals surface area contributed by atoms with E-state index in [9.17, 15) is 9.59 Å². The van der Waals surface area contributed by atoms with Crippen LogP contribution in [-0.2, 0) is 0 Å². The number of carbonyl (C=O) groups excluding carboxylic acids is 2. The van der Waals surface area contributed by atoms with Gasteiger partial charge in [0.25, 0.3) is 0 Å². The van der Waals surface area contributed by atoms with Gasteiger partial charge in [-0.1, -0.05) is 67.2 Å². The molecule has 0 saturated carbocycles. The highest BCUT2D eigenvalue weighted by atomic mass is 16.1. The number of Topliss-reactive ketones (excluding diaryl/α,β-unsaturated/α-hetero) is 2. The van der Waals surface area contributed by atoms with Gasteiger partial charge in [0, 0.05) is 23.1 Å². The Morgan fingerprint density at radius 3 is 1.86 bits per heavy atom. The number of ketones is 2. The van der Waals surface area contributed by atoms with Gasteiger partial charge < -0.3 is 0 Å². The lowest BCUT2D eigenvalue weighted by Gasteiger charge is -2.04. The molecule has 21 heavy (non-hydrogen) atoms. The lowest BCUT2D eigenvalue weighted by Crippen LogP contribution is -2.06. The topological polar surface area (TPSA) is 34.1 Å².